The Balaban J connectivity index is 1.65. The first-order chi connectivity index (χ1) is 17.4. The van der Waals surface area contributed by atoms with Crippen LogP contribution in [0.2, 0.25) is 10.0 Å². The summed E-state index contributed by atoms with van der Waals surface area (Å²) in [5.41, 5.74) is 0.556. The molecule has 0 aliphatic carbocycles. The molecular weight excluding hydrogens is 563 g/mol. The van der Waals surface area contributed by atoms with E-state index >= 15 is 0 Å². The first-order valence-electron chi connectivity index (χ1n) is 10.4. The summed E-state index contributed by atoms with van der Waals surface area (Å²) in [7, 11) is -3.84. The molecule has 4 rings (SSSR count). The molecule has 1 N–H and O–H groups in total. The maximum absolute atomic E-state index is 13.1. The Kier molecular flexibility index (Phi) is 7.60. The van der Waals surface area contributed by atoms with Gasteiger partial charge in [-0.05, 0) is 48.0 Å². The number of carbonyl (C=O) groups is 2. The van der Waals surface area contributed by atoms with Crippen molar-refractivity contribution >= 4 is 74.1 Å². The topological polar surface area (TPSA) is 133 Å². The number of hydrogen-bond acceptors (Lipinski definition) is 8. The lowest BCUT2D eigenvalue weighted by molar-refractivity contribution is -0.385. The number of carbonyl (C=O) groups excluding carboxylic acids is 2. The molecule has 190 valence electrons. The van der Waals surface area contributed by atoms with Crippen molar-refractivity contribution < 1.29 is 27.7 Å². The lowest BCUT2D eigenvalue weighted by Gasteiger charge is -2.19. The number of ether oxygens (including phenoxy) is 1. The van der Waals surface area contributed by atoms with Crippen LogP contribution in [0.3, 0.4) is 0 Å². The molecule has 1 aliphatic rings. The van der Waals surface area contributed by atoms with Crippen LogP contribution in [0.15, 0.2) is 69.3 Å². The number of anilines is 1. The number of esters is 1. The molecule has 1 aliphatic heterocycles. The van der Waals surface area contributed by atoms with E-state index in [0.29, 0.717) is 16.1 Å². The van der Waals surface area contributed by atoms with E-state index in [9.17, 15) is 28.1 Å². The lowest BCUT2D eigenvalue weighted by Crippen LogP contribution is -2.17. The molecule has 0 aromatic heterocycles. The van der Waals surface area contributed by atoms with Gasteiger partial charge < -0.3 is 10.1 Å². The normalized spacial score (nSPS) is 14.1. The summed E-state index contributed by atoms with van der Waals surface area (Å²) in [6, 6.07) is 12.9. The van der Waals surface area contributed by atoms with Gasteiger partial charge in [-0.1, -0.05) is 47.1 Å². The zero-order chi connectivity index (χ0) is 26.9. The van der Waals surface area contributed by atoms with Gasteiger partial charge in [-0.25, -0.2) is 8.42 Å². The van der Waals surface area contributed by atoms with E-state index < -0.39 is 38.1 Å². The highest BCUT2D eigenvalue weighted by Gasteiger charge is 2.26. The van der Waals surface area contributed by atoms with Crippen molar-refractivity contribution in [3.05, 3.63) is 90.8 Å². The Bertz CT molecular complexity index is 1580. The van der Waals surface area contributed by atoms with E-state index in [4.69, 9.17) is 27.9 Å². The van der Waals surface area contributed by atoms with Gasteiger partial charge in [-0.15, -0.1) is 0 Å². The minimum Gasteiger partial charge on any atom is -0.419 e. The molecule has 1 heterocycles. The fraction of sp³-hybridized carbons (Fsp3) is 0.0833. The smallest absolute Gasteiger partial charge is 0.312 e. The van der Waals surface area contributed by atoms with Crippen LogP contribution in [0.5, 0.6) is 5.75 Å². The average Bonchev–Trinajstić information content (AvgIpc) is 2.82. The summed E-state index contributed by atoms with van der Waals surface area (Å²) in [5, 5.41) is 14.6. The van der Waals surface area contributed by atoms with Crippen molar-refractivity contribution in [3.63, 3.8) is 0 Å². The Morgan fingerprint density at radius 3 is 2.49 bits per heavy atom. The molecule has 13 heteroatoms. The molecule has 0 spiro atoms. The highest BCUT2D eigenvalue weighted by atomic mass is 35.5. The summed E-state index contributed by atoms with van der Waals surface area (Å²) in [6.07, 6.45) is 1.41. The molecule has 37 heavy (non-hydrogen) atoms. The highest BCUT2D eigenvalue weighted by molar-refractivity contribution is 8.04. The van der Waals surface area contributed by atoms with Crippen molar-refractivity contribution in [1.29, 1.82) is 0 Å². The van der Waals surface area contributed by atoms with Crippen LogP contribution >= 0.6 is 35.0 Å². The number of nitrogens with one attached hydrogen (secondary N) is 1. The van der Waals surface area contributed by atoms with Crippen molar-refractivity contribution in [2.24, 2.45) is 0 Å². The Morgan fingerprint density at radius 2 is 1.84 bits per heavy atom. The third kappa shape index (κ3) is 5.96. The second-order valence-electron chi connectivity index (χ2n) is 7.76. The van der Waals surface area contributed by atoms with E-state index in [2.05, 4.69) is 5.32 Å². The van der Waals surface area contributed by atoms with Crippen LogP contribution in [0.4, 0.5) is 11.4 Å². The van der Waals surface area contributed by atoms with Gasteiger partial charge >= 0.3 is 11.7 Å². The number of fused-ring (bicyclic) bond motifs is 1. The summed E-state index contributed by atoms with van der Waals surface area (Å²) in [6.45, 7) is 1.12. The quantitative estimate of drug-likeness (QED) is 0.126. The van der Waals surface area contributed by atoms with E-state index in [1.54, 1.807) is 18.2 Å². The fourth-order valence-corrected chi connectivity index (χ4v) is 6.62. The number of rotatable bonds is 6. The summed E-state index contributed by atoms with van der Waals surface area (Å²) in [5.74, 6) is -1.82. The maximum Gasteiger partial charge on any atom is 0.312 e. The summed E-state index contributed by atoms with van der Waals surface area (Å²) >= 11 is 13.3. The first-order valence-corrected chi connectivity index (χ1v) is 13.6. The Morgan fingerprint density at radius 1 is 1.14 bits per heavy atom. The van der Waals surface area contributed by atoms with Gasteiger partial charge in [-0.2, -0.15) is 0 Å². The minimum absolute atomic E-state index is 0.00612. The number of sulfone groups is 1. The molecular formula is C24H16Cl2N2O7S2. The SMILES string of the molecule is CC(=O)Oc1ccc(/C=C2/Sc3cc(S(=O)(=O)Cc4c(Cl)cccc4Cl)ccc3NC2=O)cc1[N+](=O)[O-]. The predicted octanol–water partition coefficient (Wildman–Crippen LogP) is 5.89. The second kappa shape index (κ2) is 10.5. The number of amides is 1. The lowest BCUT2D eigenvalue weighted by atomic mass is 10.1. The number of benzene rings is 3. The van der Waals surface area contributed by atoms with Crippen molar-refractivity contribution in [2.75, 3.05) is 5.32 Å². The molecule has 0 atom stereocenters. The van der Waals surface area contributed by atoms with Gasteiger partial charge in [0.15, 0.2) is 9.84 Å². The maximum atomic E-state index is 13.1. The monoisotopic (exact) mass is 578 g/mol. The molecule has 0 fully saturated rings. The van der Waals surface area contributed by atoms with Crippen LogP contribution < -0.4 is 10.1 Å². The third-order valence-corrected chi connectivity index (χ3v) is 8.56. The number of thioether (sulfide) groups is 1. The molecule has 3 aromatic carbocycles. The van der Waals surface area contributed by atoms with Crippen LogP contribution in [-0.4, -0.2) is 25.2 Å². The van der Waals surface area contributed by atoms with Gasteiger partial charge in [0.2, 0.25) is 5.75 Å². The molecule has 0 bridgehead atoms. The Labute approximate surface area is 225 Å². The fourth-order valence-electron chi connectivity index (χ4n) is 3.43. The van der Waals surface area contributed by atoms with E-state index in [1.165, 1.54) is 42.5 Å². The Hall–Kier alpha value is -3.38. The number of nitro groups is 1. The second-order valence-corrected chi connectivity index (χ2v) is 11.6. The molecule has 0 unspecified atom stereocenters. The van der Waals surface area contributed by atoms with Gasteiger partial charge in [0.1, 0.15) is 0 Å². The molecule has 0 saturated carbocycles. The van der Waals surface area contributed by atoms with Gasteiger partial charge in [0.25, 0.3) is 5.91 Å². The largest absolute Gasteiger partial charge is 0.419 e. The predicted molar refractivity (Wildman–Crippen MR) is 141 cm³/mol. The van der Waals surface area contributed by atoms with E-state index in [0.717, 1.165) is 18.7 Å². The molecule has 1 amide bonds. The third-order valence-electron chi connectivity index (χ3n) is 5.13. The van der Waals surface area contributed by atoms with Gasteiger partial charge in [-0.3, -0.25) is 19.7 Å². The standard InChI is InChI=1S/C24H16Cl2N2O7S2/c1-13(29)35-21-8-5-14(9-20(21)28(31)32)10-23-24(30)27-19-7-6-15(11-22(19)36-23)37(33,34)12-16-17(25)3-2-4-18(16)26/h2-11H,12H2,1H3,(H,27,30)/b23-10+. The van der Waals surface area contributed by atoms with Crippen molar-refractivity contribution in [3.8, 4) is 5.75 Å². The van der Waals surface area contributed by atoms with Crippen LogP contribution in [0.25, 0.3) is 6.08 Å². The van der Waals surface area contributed by atoms with Gasteiger partial charge in [0.05, 0.1) is 26.2 Å². The van der Waals surface area contributed by atoms with E-state index in [1.807, 2.05) is 0 Å². The number of nitrogens with zero attached hydrogens (tertiary/aromatic N) is 1. The van der Waals surface area contributed by atoms with Crippen molar-refractivity contribution in [2.45, 2.75) is 22.5 Å². The number of nitro benzene ring substituents is 1. The molecule has 0 saturated heterocycles. The molecule has 3 aromatic rings. The van der Waals surface area contributed by atoms with Crippen LogP contribution in [0, 0.1) is 10.1 Å². The summed E-state index contributed by atoms with van der Waals surface area (Å²) < 4.78 is 31.1. The van der Waals surface area contributed by atoms with E-state index in [-0.39, 0.29) is 31.2 Å². The average molecular weight is 579 g/mol. The zero-order valence-corrected chi connectivity index (χ0v) is 22.0. The number of halogens is 2. The highest BCUT2D eigenvalue weighted by Crippen LogP contribution is 2.41. The van der Waals surface area contributed by atoms with Crippen LogP contribution in [0.1, 0.15) is 18.1 Å². The first kappa shape index (κ1) is 26.7. The van der Waals surface area contributed by atoms with Gasteiger partial charge in [0, 0.05) is 33.5 Å². The van der Waals surface area contributed by atoms with Crippen LogP contribution in [-0.2, 0) is 25.2 Å². The molecule has 9 nitrogen and oxygen atoms in total. The zero-order valence-electron chi connectivity index (χ0n) is 18.9. The molecule has 0 radical (unpaired) electrons. The van der Waals surface area contributed by atoms with Crippen molar-refractivity contribution in [1.82, 2.24) is 0 Å². The minimum atomic E-state index is -3.84. The number of hydrogen-bond donors (Lipinski definition) is 1. The summed E-state index contributed by atoms with van der Waals surface area (Å²) in [4.78, 5) is 35.2.